The molecule has 0 aliphatic carbocycles. The Kier molecular flexibility index (Phi) is 5.04. The van der Waals surface area contributed by atoms with E-state index in [1.165, 1.54) is 0 Å². The molecule has 2 aromatic carbocycles. The molecule has 0 unspecified atom stereocenters. The van der Waals surface area contributed by atoms with Gasteiger partial charge in [-0.25, -0.2) is 0 Å². The predicted molar refractivity (Wildman–Crippen MR) is 85.0 cm³/mol. The molecule has 0 bridgehead atoms. The molecule has 0 heterocycles. The van der Waals surface area contributed by atoms with Gasteiger partial charge in [0.05, 0.1) is 24.3 Å². The van der Waals surface area contributed by atoms with Gasteiger partial charge < -0.3 is 19.9 Å². The van der Waals surface area contributed by atoms with Crippen LogP contribution >= 0.6 is 23.2 Å². The highest BCUT2D eigenvalue weighted by Gasteiger charge is 2.10. The summed E-state index contributed by atoms with van der Waals surface area (Å²) in [6.07, 6.45) is 0. The number of ether oxygens (including phenoxy) is 2. The van der Waals surface area contributed by atoms with Crippen LogP contribution in [0.3, 0.4) is 0 Å². The number of nitrogens with one attached hydrogen (secondary N) is 1. The molecule has 4 nitrogen and oxygen atoms in total. The van der Waals surface area contributed by atoms with Gasteiger partial charge >= 0.3 is 0 Å². The fourth-order valence-electron chi connectivity index (χ4n) is 1.96. The van der Waals surface area contributed by atoms with Gasteiger partial charge in [-0.05, 0) is 18.2 Å². The fraction of sp³-hybridized carbons (Fsp3) is 0.200. The minimum absolute atomic E-state index is 0.122. The highest BCUT2D eigenvalue weighted by Crippen LogP contribution is 2.35. The number of methoxy groups -OCH3 is 2. The first-order valence-electron chi connectivity index (χ1n) is 6.18. The van der Waals surface area contributed by atoms with E-state index in [4.69, 9.17) is 32.7 Å². The largest absolute Gasteiger partial charge is 0.505 e. The van der Waals surface area contributed by atoms with Crippen molar-refractivity contribution in [3.63, 3.8) is 0 Å². The molecule has 0 spiro atoms. The molecule has 0 atom stereocenters. The van der Waals surface area contributed by atoms with Gasteiger partial charge in [-0.2, -0.15) is 0 Å². The third-order valence-corrected chi connectivity index (χ3v) is 3.56. The van der Waals surface area contributed by atoms with E-state index in [2.05, 4.69) is 5.32 Å². The summed E-state index contributed by atoms with van der Waals surface area (Å²) in [6.45, 7) is 0.498. The van der Waals surface area contributed by atoms with Crippen LogP contribution in [0.5, 0.6) is 17.2 Å². The van der Waals surface area contributed by atoms with Crippen molar-refractivity contribution in [1.29, 1.82) is 0 Å². The van der Waals surface area contributed by atoms with E-state index in [0.29, 0.717) is 23.7 Å². The van der Waals surface area contributed by atoms with Crippen molar-refractivity contribution in [3.05, 3.63) is 45.9 Å². The maximum atomic E-state index is 9.54. The average Bonchev–Trinajstić information content (AvgIpc) is 2.49. The first-order valence-corrected chi connectivity index (χ1v) is 6.94. The normalized spacial score (nSPS) is 10.3. The summed E-state index contributed by atoms with van der Waals surface area (Å²) in [5, 5.41) is 13.1. The van der Waals surface area contributed by atoms with Crippen LogP contribution in [-0.2, 0) is 6.54 Å². The number of halogens is 2. The Labute approximate surface area is 133 Å². The second kappa shape index (κ2) is 6.78. The Balaban J connectivity index is 2.20. The Bertz CT molecular complexity index is 624. The molecule has 2 aromatic rings. The van der Waals surface area contributed by atoms with E-state index in [9.17, 15) is 5.11 Å². The lowest BCUT2D eigenvalue weighted by atomic mass is 10.1. The molecule has 112 valence electrons. The molecule has 6 heteroatoms. The lowest BCUT2D eigenvalue weighted by Crippen LogP contribution is -2.03. The topological polar surface area (TPSA) is 50.7 Å². The van der Waals surface area contributed by atoms with Gasteiger partial charge in [-0.3, -0.25) is 0 Å². The third kappa shape index (κ3) is 3.46. The van der Waals surface area contributed by atoms with Gasteiger partial charge in [0.25, 0.3) is 0 Å². The van der Waals surface area contributed by atoms with Gasteiger partial charge in [-0.1, -0.05) is 35.3 Å². The quantitative estimate of drug-likeness (QED) is 0.802. The van der Waals surface area contributed by atoms with E-state index >= 15 is 0 Å². The van der Waals surface area contributed by atoms with E-state index in [-0.39, 0.29) is 15.8 Å². The molecule has 2 rings (SSSR count). The summed E-state index contributed by atoms with van der Waals surface area (Å²) in [5.74, 6) is 1.21. The third-order valence-electron chi connectivity index (χ3n) is 2.98. The second-order valence-electron chi connectivity index (χ2n) is 4.29. The lowest BCUT2D eigenvalue weighted by molar-refractivity contribution is 0.352. The highest BCUT2D eigenvalue weighted by atomic mass is 35.5. The number of hydrogen-bond donors (Lipinski definition) is 2. The van der Waals surface area contributed by atoms with Crippen molar-refractivity contribution in [2.75, 3.05) is 19.5 Å². The maximum absolute atomic E-state index is 9.54. The van der Waals surface area contributed by atoms with Crippen LogP contribution in [0.4, 0.5) is 5.69 Å². The van der Waals surface area contributed by atoms with Gasteiger partial charge in [0.15, 0.2) is 17.2 Å². The molecule has 0 radical (unpaired) electrons. The Hall–Kier alpha value is -1.78. The second-order valence-corrected chi connectivity index (χ2v) is 5.11. The van der Waals surface area contributed by atoms with Crippen LogP contribution < -0.4 is 14.8 Å². The summed E-state index contributed by atoms with van der Waals surface area (Å²) < 4.78 is 10.6. The standard InChI is InChI=1S/C15H15Cl2NO3/c1-20-13-5-3-4-9(15(13)21-2)8-18-10-6-11(16)14(19)12(17)7-10/h3-7,18-19H,8H2,1-2H3. The number of para-hydroxylation sites is 1. The number of hydrogen-bond acceptors (Lipinski definition) is 4. The van der Waals surface area contributed by atoms with Crippen molar-refractivity contribution in [1.82, 2.24) is 0 Å². The highest BCUT2D eigenvalue weighted by molar-refractivity contribution is 6.37. The van der Waals surface area contributed by atoms with Crippen molar-refractivity contribution >= 4 is 28.9 Å². The number of phenols is 1. The Morgan fingerprint density at radius 3 is 2.33 bits per heavy atom. The Morgan fingerprint density at radius 2 is 1.76 bits per heavy atom. The van der Waals surface area contributed by atoms with Crippen LogP contribution in [0.1, 0.15) is 5.56 Å². The summed E-state index contributed by atoms with van der Waals surface area (Å²) >= 11 is 11.8. The Morgan fingerprint density at radius 1 is 1.10 bits per heavy atom. The van der Waals surface area contributed by atoms with Crippen LogP contribution in [0.25, 0.3) is 0 Å². The molecular weight excluding hydrogens is 313 g/mol. The summed E-state index contributed by atoms with van der Waals surface area (Å²) in [4.78, 5) is 0. The van der Waals surface area contributed by atoms with E-state index in [0.717, 1.165) is 5.56 Å². The fourth-order valence-corrected chi connectivity index (χ4v) is 2.44. The van der Waals surface area contributed by atoms with Gasteiger partial charge in [0, 0.05) is 17.8 Å². The molecule has 0 saturated heterocycles. The number of rotatable bonds is 5. The number of phenolic OH excluding ortho intramolecular Hbond substituents is 1. The smallest absolute Gasteiger partial charge is 0.165 e. The average molecular weight is 328 g/mol. The van der Waals surface area contributed by atoms with Crippen molar-refractivity contribution < 1.29 is 14.6 Å². The lowest BCUT2D eigenvalue weighted by Gasteiger charge is -2.14. The van der Waals surface area contributed by atoms with Crippen LogP contribution in [0, 0.1) is 0 Å². The SMILES string of the molecule is COc1cccc(CNc2cc(Cl)c(O)c(Cl)c2)c1OC. The number of anilines is 1. The zero-order valence-corrected chi connectivity index (χ0v) is 13.1. The molecule has 0 aliphatic rings. The first kappa shape index (κ1) is 15.6. The van der Waals surface area contributed by atoms with Crippen molar-refractivity contribution in [3.8, 4) is 17.2 Å². The van der Waals surface area contributed by atoms with Gasteiger partial charge in [0.2, 0.25) is 0 Å². The van der Waals surface area contributed by atoms with E-state index < -0.39 is 0 Å². The van der Waals surface area contributed by atoms with Crippen molar-refractivity contribution in [2.45, 2.75) is 6.54 Å². The van der Waals surface area contributed by atoms with Gasteiger partial charge in [0.1, 0.15) is 0 Å². The molecular formula is C15H15Cl2NO3. The number of benzene rings is 2. The summed E-state index contributed by atoms with van der Waals surface area (Å²) in [5.41, 5.74) is 1.63. The van der Waals surface area contributed by atoms with Crippen LogP contribution in [-0.4, -0.2) is 19.3 Å². The van der Waals surface area contributed by atoms with E-state index in [1.807, 2.05) is 18.2 Å². The molecule has 0 aliphatic heterocycles. The molecule has 0 amide bonds. The maximum Gasteiger partial charge on any atom is 0.165 e. The number of aromatic hydroxyl groups is 1. The van der Waals surface area contributed by atoms with Gasteiger partial charge in [-0.15, -0.1) is 0 Å². The zero-order valence-electron chi connectivity index (χ0n) is 11.6. The monoisotopic (exact) mass is 327 g/mol. The van der Waals surface area contributed by atoms with Crippen LogP contribution in [0.15, 0.2) is 30.3 Å². The minimum Gasteiger partial charge on any atom is -0.505 e. The molecule has 0 saturated carbocycles. The molecule has 2 N–H and O–H groups in total. The summed E-state index contributed by atoms with van der Waals surface area (Å²) in [6, 6.07) is 8.86. The molecule has 21 heavy (non-hydrogen) atoms. The predicted octanol–water partition coefficient (Wildman–Crippen LogP) is 4.33. The zero-order chi connectivity index (χ0) is 15.4. The summed E-state index contributed by atoms with van der Waals surface area (Å²) in [7, 11) is 3.18. The minimum atomic E-state index is -0.122. The first-order chi connectivity index (χ1) is 10.1. The van der Waals surface area contributed by atoms with Crippen LogP contribution in [0.2, 0.25) is 10.0 Å². The van der Waals surface area contributed by atoms with Crippen molar-refractivity contribution in [2.24, 2.45) is 0 Å². The molecule has 0 aromatic heterocycles. The van der Waals surface area contributed by atoms with E-state index in [1.54, 1.807) is 26.4 Å². The molecule has 0 fully saturated rings.